The van der Waals surface area contributed by atoms with E-state index in [0.29, 0.717) is 35.9 Å². The van der Waals surface area contributed by atoms with Crippen LogP contribution in [0.25, 0.3) is 11.3 Å². The molecule has 1 atom stereocenters. The van der Waals surface area contributed by atoms with Crippen molar-refractivity contribution >= 4 is 44.9 Å². The number of halogens is 2. The van der Waals surface area contributed by atoms with Gasteiger partial charge in [-0.2, -0.15) is 0 Å². The van der Waals surface area contributed by atoms with Crippen LogP contribution < -0.4 is 15.6 Å². The number of aryl methyl sites for hydroxylation is 1. The predicted molar refractivity (Wildman–Crippen MR) is 119 cm³/mol. The monoisotopic (exact) mass is 488 g/mol. The average molecular weight is 489 g/mol. The molecule has 1 fully saturated rings. The second-order valence-corrected chi connectivity index (χ2v) is 9.80. The summed E-state index contributed by atoms with van der Waals surface area (Å²) in [6, 6.07) is 2.61. The molecular weight excluding hydrogens is 467 g/mol. The Kier molecular flexibility index (Phi) is 7.14. The van der Waals surface area contributed by atoms with Crippen LogP contribution in [0, 0.1) is 11.7 Å². The number of hydrogen-bond donors (Lipinski definition) is 3. The number of hydrogen-bond acceptors (Lipinski definition) is 5. The summed E-state index contributed by atoms with van der Waals surface area (Å²) in [4.78, 5) is 20.5. The zero-order valence-corrected chi connectivity index (χ0v) is 19.2. The molecule has 1 aliphatic heterocycles. The van der Waals surface area contributed by atoms with Crippen molar-refractivity contribution in [3.63, 3.8) is 0 Å². The van der Waals surface area contributed by atoms with Gasteiger partial charge in [-0.3, -0.25) is 10.2 Å². The highest BCUT2D eigenvalue weighted by molar-refractivity contribution is 7.89. The molecule has 0 unspecified atom stereocenters. The minimum atomic E-state index is -3.85. The second kappa shape index (κ2) is 9.47. The van der Waals surface area contributed by atoms with Crippen molar-refractivity contribution in [2.45, 2.75) is 6.42 Å². The van der Waals surface area contributed by atoms with Gasteiger partial charge in [0.15, 0.2) is 10.9 Å². The molecular formula is C18H22ClFN6O3S2. The number of likely N-dealkylation sites (tertiary alicyclic amines) is 1. The van der Waals surface area contributed by atoms with Gasteiger partial charge in [0.05, 0.1) is 28.4 Å². The van der Waals surface area contributed by atoms with Crippen molar-refractivity contribution in [2.24, 2.45) is 13.0 Å². The number of aromatic nitrogens is 2. The lowest BCUT2D eigenvalue weighted by molar-refractivity contribution is 0.0941. The van der Waals surface area contributed by atoms with Crippen molar-refractivity contribution in [3.05, 3.63) is 41.1 Å². The SMILES string of the molecule is CNC(=S)N1CC[C@H](CS(=O)(=O)NNC(=O)c2cc(-c3cn(C)cn3)cc(Cl)c2F)C1. The first kappa shape index (κ1) is 23.4. The van der Waals surface area contributed by atoms with E-state index < -0.39 is 27.3 Å². The molecule has 168 valence electrons. The summed E-state index contributed by atoms with van der Waals surface area (Å²) in [5.41, 5.74) is 2.57. The number of amides is 1. The summed E-state index contributed by atoms with van der Waals surface area (Å²) in [6.45, 7) is 1.14. The fourth-order valence-corrected chi connectivity index (χ4v) is 4.93. The van der Waals surface area contributed by atoms with Crippen LogP contribution in [0.15, 0.2) is 24.7 Å². The first-order valence-electron chi connectivity index (χ1n) is 9.33. The van der Waals surface area contributed by atoms with Gasteiger partial charge in [-0.05, 0) is 36.7 Å². The summed E-state index contributed by atoms with van der Waals surface area (Å²) in [5, 5.41) is 3.14. The molecule has 1 aromatic carbocycles. The number of hydrazine groups is 1. The van der Waals surface area contributed by atoms with Crippen LogP contribution in [0.4, 0.5) is 4.39 Å². The average Bonchev–Trinajstić information content (AvgIpc) is 3.36. The quantitative estimate of drug-likeness (QED) is 0.415. The van der Waals surface area contributed by atoms with Crippen LogP contribution in [-0.2, 0) is 17.1 Å². The number of nitrogens with one attached hydrogen (secondary N) is 3. The molecule has 1 aliphatic rings. The Morgan fingerprint density at radius 2 is 2.16 bits per heavy atom. The molecule has 1 saturated heterocycles. The van der Waals surface area contributed by atoms with E-state index in [1.165, 1.54) is 12.1 Å². The lowest BCUT2D eigenvalue weighted by Gasteiger charge is -2.18. The van der Waals surface area contributed by atoms with E-state index in [1.807, 2.05) is 9.73 Å². The molecule has 0 aliphatic carbocycles. The Labute approximate surface area is 190 Å². The van der Waals surface area contributed by atoms with Crippen molar-refractivity contribution in [2.75, 3.05) is 25.9 Å². The van der Waals surface area contributed by atoms with Crippen LogP contribution in [0.5, 0.6) is 0 Å². The number of carbonyl (C=O) groups is 1. The Morgan fingerprint density at radius 1 is 1.42 bits per heavy atom. The standard InChI is InChI=1S/C18H22ClFN6O3S2/c1-21-18(30)26-4-3-11(7-26)9-31(28,29)24-23-17(27)13-5-12(6-14(19)16(13)20)15-8-25(2)10-22-15/h5-6,8,10-11,24H,3-4,7,9H2,1-2H3,(H,21,30)(H,23,27)/t11-/m0/s1. The Hall–Kier alpha value is -2.28. The maximum atomic E-state index is 14.4. The minimum Gasteiger partial charge on any atom is -0.366 e. The molecule has 9 nitrogen and oxygen atoms in total. The maximum Gasteiger partial charge on any atom is 0.269 e. The molecule has 3 rings (SSSR count). The van der Waals surface area contributed by atoms with Gasteiger partial charge in [-0.1, -0.05) is 11.6 Å². The summed E-state index contributed by atoms with van der Waals surface area (Å²) in [6.07, 6.45) is 3.87. The van der Waals surface area contributed by atoms with Crippen LogP contribution in [0.3, 0.4) is 0 Å². The number of carbonyl (C=O) groups excluding carboxylic acids is 1. The summed E-state index contributed by atoms with van der Waals surface area (Å²) >= 11 is 11.1. The molecule has 0 saturated carbocycles. The number of imidazole rings is 1. The van der Waals surface area contributed by atoms with E-state index in [0.717, 1.165) is 0 Å². The van der Waals surface area contributed by atoms with Gasteiger partial charge in [0.25, 0.3) is 5.91 Å². The number of sulfonamides is 1. The Balaban J connectivity index is 1.66. The molecule has 1 amide bonds. The highest BCUT2D eigenvalue weighted by Gasteiger charge is 2.29. The van der Waals surface area contributed by atoms with E-state index >= 15 is 0 Å². The number of thiocarbonyl (C=S) groups is 1. The van der Waals surface area contributed by atoms with Crippen LogP contribution in [0.2, 0.25) is 5.02 Å². The van der Waals surface area contributed by atoms with Crippen molar-refractivity contribution in [3.8, 4) is 11.3 Å². The number of nitrogens with zero attached hydrogens (tertiary/aromatic N) is 3. The summed E-state index contributed by atoms with van der Waals surface area (Å²) < 4.78 is 40.9. The smallest absolute Gasteiger partial charge is 0.269 e. The van der Waals surface area contributed by atoms with E-state index in [2.05, 4.69) is 15.7 Å². The lowest BCUT2D eigenvalue weighted by atomic mass is 10.1. The highest BCUT2D eigenvalue weighted by Crippen LogP contribution is 2.27. The third-order valence-electron chi connectivity index (χ3n) is 4.84. The van der Waals surface area contributed by atoms with Crippen molar-refractivity contribution in [1.29, 1.82) is 0 Å². The molecule has 2 aromatic rings. The molecule has 3 N–H and O–H groups in total. The van der Waals surface area contributed by atoms with E-state index in [-0.39, 0.29) is 16.7 Å². The van der Waals surface area contributed by atoms with Gasteiger partial charge in [0.2, 0.25) is 10.0 Å². The molecule has 0 spiro atoms. The van der Waals surface area contributed by atoms with Gasteiger partial charge in [-0.25, -0.2) is 17.8 Å². The van der Waals surface area contributed by atoms with E-state index in [1.54, 1.807) is 31.2 Å². The zero-order chi connectivity index (χ0) is 22.8. The fourth-order valence-electron chi connectivity index (χ4n) is 3.32. The molecule has 0 radical (unpaired) electrons. The maximum absolute atomic E-state index is 14.4. The Morgan fingerprint density at radius 3 is 2.81 bits per heavy atom. The second-order valence-electron chi connectivity index (χ2n) is 7.24. The van der Waals surface area contributed by atoms with Gasteiger partial charge in [-0.15, -0.1) is 4.83 Å². The highest BCUT2D eigenvalue weighted by atomic mass is 35.5. The normalized spacial score (nSPS) is 16.4. The molecule has 0 bridgehead atoms. The lowest BCUT2D eigenvalue weighted by Crippen LogP contribution is -2.44. The number of rotatable bonds is 6. The molecule has 13 heteroatoms. The zero-order valence-electron chi connectivity index (χ0n) is 16.9. The van der Waals surface area contributed by atoms with Crippen LogP contribution >= 0.6 is 23.8 Å². The van der Waals surface area contributed by atoms with E-state index in [4.69, 9.17) is 23.8 Å². The van der Waals surface area contributed by atoms with Gasteiger partial charge < -0.3 is 14.8 Å². The minimum absolute atomic E-state index is 0.153. The molecule has 2 heterocycles. The summed E-state index contributed by atoms with van der Waals surface area (Å²) in [7, 11) is -0.379. The fraction of sp³-hybridized carbons (Fsp3) is 0.389. The van der Waals surface area contributed by atoms with Crippen molar-refractivity contribution < 1.29 is 17.6 Å². The van der Waals surface area contributed by atoms with Crippen LogP contribution in [0.1, 0.15) is 16.8 Å². The number of benzene rings is 1. The first-order chi connectivity index (χ1) is 14.6. The van der Waals surface area contributed by atoms with Crippen LogP contribution in [-0.4, -0.2) is 59.8 Å². The third-order valence-corrected chi connectivity index (χ3v) is 6.90. The topological polar surface area (TPSA) is 108 Å². The van der Waals surface area contributed by atoms with Crippen molar-refractivity contribution in [1.82, 2.24) is 30.0 Å². The summed E-state index contributed by atoms with van der Waals surface area (Å²) in [5.74, 6) is -2.28. The van der Waals surface area contributed by atoms with Gasteiger partial charge >= 0.3 is 0 Å². The molecule has 31 heavy (non-hydrogen) atoms. The predicted octanol–water partition coefficient (Wildman–Crippen LogP) is 1.27. The molecule has 1 aromatic heterocycles. The third kappa shape index (κ3) is 5.70. The van der Waals surface area contributed by atoms with Gasteiger partial charge in [0, 0.05) is 38.9 Å². The first-order valence-corrected chi connectivity index (χ1v) is 11.8. The largest absolute Gasteiger partial charge is 0.366 e. The van der Waals surface area contributed by atoms with E-state index in [9.17, 15) is 17.6 Å². The Bertz CT molecular complexity index is 1110. The van der Waals surface area contributed by atoms with Gasteiger partial charge in [0.1, 0.15) is 0 Å².